The van der Waals surface area contributed by atoms with E-state index < -0.39 is 0 Å². The molecule has 2 fully saturated rings. The van der Waals surface area contributed by atoms with E-state index >= 15 is 0 Å². The van der Waals surface area contributed by atoms with E-state index in [1.807, 2.05) is 17.0 Å². The number of hydrogen-bond acceptors (Lipinski definition) is 3. The molecule has 0 spiro atoms. The minimum atomic E-state index is -0.227. The normalized spacial score (nSPS) is 18.9. The summed E-state index contributed by atoms with van der Waals surface area (Å²) in [7, 11) is 0. The van der Waals surface area contributed by atoms with Crippen molar-refractivity contribution in [3.8, 4) is 0 Å². The number of carbonyl (C=O) groups excluding carboxylic acids is 2. The number of rotatable bonds is 4. The Morgan fingerprint density at radius 2 is 1.64 bits per heavy atom. The molecule has 2 saturated heterocycles. The lowest BCUT2D eigenvalue weighted by Crippen LogP contribution is -2.37. The summed E-state index contributed by atoms with van der Waals surface area (Å²) in [5, 5.41) is 2.84. The fourth-order valence-corrected chi connectivity index (χ4v) is 3.62. The number of nitrogens with zero attached hydrogens (tertiary/aromatic N) is 2. The van der Waals surface area contributed by atoms with E-state index in [2.05, 4.69) is 29.3 Å². The van der Waals surface area contributed by atoms with Crippen LogP contribution in [0.25, 0.3) is 0 Å². The first-order valence-electron chi connectivity index (χ1n) is 9.54. The van der Waals surface area contributed by atoms with Gasteiger partial charge in [0.2, 0.25) is 11.8 Å². The van der Waals surface area contributed by atoms with Gasteiger partial charge in [0.15, 0.2) is 0 Å². The van der Waals surface area contributed by atoms with Crippen molar-refractivity contribution >= 4 is 23.2 Å². The van der Waals surface area contributed by atoms with Crippen molar-refractivity contribution in [1.29, 1.82) is 0 Å². The van der Waals surface area contributed by atoms with Crippen molar-refractivity contribution in [2.45, 2.75) is 45.4 Å². The van der Waals surface area contributed by atoms with Crippen molar-refractivity contribution in [3.05, 3.63) is 24.3 Å². The van der Waals surface area contributed by atoms with Crippen LogP contribution < -0.4 is 10.2 Å². The van der Waals surface area contributed by atoms with Gasteiger partial charge >= 0.3 is 0 Å². The second-order valence-corrected chi connectivity index (χ2v) is 7.38. The average Bonchev–Trinajstić information content (AvgIpc) is 2.64. The van der Waals surface area contributed by atoms with Crippen LogP contribution in [0.15, 0.2) is 24.3 Å². The largest absolute Gasteiger partial charge is 0.372 e. The number of nitrogens with one attached hydrogen (secondary N) is 1. The Kier molecular flexibility index (Phi) is 5.95. The average molecular weight is 343 g/mol. The summed E-state index contributed by atoms with van der Waals surface area (Å²) in [6.07, 6.45) is 5.67. The molecule has 2 aliphatic rings. The fraction of sp³-hybridized carbons (Fsp3) is 0.600. The van der Waals surface area contributed by atoms with Gasteiger partial charge in [-0.05, 0) is 62.3 Å². The van der Waals surface area contributed by atoms with Crippen LogP contribution in [0, 0.1) is 5.92 Å². The quantitative estimate of drug-likeness (QED) is 0.854. The van der Waals surface area contributed by atoms with Crippen LogP contribution in [-0.4, -0.2) is 42.9 Å². The van der Waals surface area contributed by atoms with Gasteiger partial charge in [-0.3, -0.25) is 9.59 Å². The Labute approximate surface area is 150 Å². The van der Waals surface area contributed by atoms with Crippen molar-refractivity contribution in [3.63, 3.8) is 0 Å². The number of hydrogen-bond donors (Lipinski definition) is 1. The number of anilines is 2. The van der Waals surface area contributed by atoms with Crippen molar-refractivity contribution in [1.82, 2.24) is 4.90 Å². The molecule has 2 heterocycles. The molecule has 0 unspecified atom stereocenters. The van der Waals surface area contributed by atoms with Gasteiger partial charge in [-0.25, -0.2) is 0 Å². The van der Waals surface area contributed by atoms with Crippen LogP contribution in [0.1, 0.15) is 45.4 Å². The van der Waals surface area contributed by atoms with Gasteiger partial charge in [0.25, 0.3) is 0 Å². The smallest absolute Gasteiger partial charge is 0.233 e. The molecule has 1 aromatic rings. The second kappa shape index (κ2) is 8.37. The summed E-state index contributed by atoms with van der Waals surface area (Å²) in [4.78, 5) is 28.5. The first-order valence-corrected chi connectivity index (χ1v) is 9.54. The maximum atomic E-state index is 12.1. The summed E-state index contributed by atoms with van der Waals surface area (Å²) >= 11 is 0. The number of piperidine rings is 2. The predicted octanol–water partition coefficient (Wildman–Crippen LogP) is 3.26. The molecule has 2 amide bonds. The lowest BCUT2D eigenvalue weighted by molar-refractivity contribution is -0.135. The maximum Gasteiger partial charge on any atom is 0.233 e. The topological polar surface area (TPSA) is 52.7 Å². The number of amides is 2. The highest BCUT2D eigenvalue weighted by Gasteiger charge is 2.19. The standard InChI is InChI=1S/C20H29N3O2/c1-16-9-13-22(14-10-16)18-7-5-17(6-8-18)21-19(24)15-20(25)23-11-3-2-4-12-23/h5-8,16H,2-4,9-15H2,1H3,(H,21,24). The van der Waals surface area contributed by atoms with Crippen LogP contribution in [-0.2, 0) is 9.59 Å². The Morgan fingerprint density at radius 3 is 2.28 bits per heavy atom. The van der Waals surface area contributed by atoms with E-state index in [4.69, 9.17) is 0 Å². The number of likely N-dealkylation sites (tertiary alicyclic amines) is 1. The highest BCUT2D eigenvalue weighted by molar-refractivity contribution is 6.03. The van der Waals surface area contributed by atoms with E-state index in [9.17, 15) is 9.59 Å². The molecule has 0 aromatic heterocycles. The fourth-order valence-electron chi connectivity index (χ4n) is 3.62. The molecule has 2 aliphatic heterocycles. The highest BCUT2D eigenvalue weighted by atomic mass is 16.2. The molecule has 0 atom stereocenters. The van der Waals surface area contributed by atoms with Crippen LogP contribution in [0.5, 0.6) is 0 Å². The first-order chi connectivity index (χ1) is 12.1. The monoisotopic (exact) mass is 343 g/mol. The zero-order chi connectivity index (χ0) is 17.6. The Bertz CT molecular complexity index is 585. The highest BCUT2D eigenvalue weighted by Crippen LogP contribution is 2.24. The molecule has 1 aromatic carbocycles. The van der Waals surface area contributed by atoms with Gasteiger partial charge in [-0.2, -0.15) is 0 Å². The molecule has 136 valence electrons. The molecule has 25 heavy (non-hydrogen) atoms. The zero-order valence-electron chi connectivity index (χ0n) is 15.2. The summed E-state index contributed by atoms with van der Waals surface area (Å²) < 4.78 is 0. The summed E-state index contributed by atoms with van der Waals surface area (Å²) in [6.45, 7) is 6.07. The molecule has 0 aliphatic carbocycles. The van der Waals surface area contributed by atoms with E-state index in [1.54, 1.807) is 0 Å². The minimum absolute atomic E-state index is 0.0590. The Balaban J connectivity index is 1.49. The lowest BCUT2D eigenvalue weighted by Gasteiger charge is -2.32. The minimum Gasteiger partial charge on any atom is -0.372 e. The molecular weight excluding hydrogens is 314 g/mol. The van der Waals surface area contributed by atoms with Crippen molar-refractivity contribution in [2.75, 3.05) is 36.4 Å². The number of carbonyl (C=O) groups is 2. The first kappa shape index (κ1) is 17.8. The van der Waals surface area contributed by atoms with Gasteiger partial charge in [0.1, 0.15) is 6.42 Å². The zero-order valence-corrected chi connectivity index (χ0v) is 15.2. The van der Waals surface area contributed by atoms with Gasteiger partial charge < -0.3 is 15.1 Å². The summed E-state index contributed by atoms with van der Waals surface area (Å²) in [5.41, 5.74) is 1.96. The van der Waals surface area contributed by atoms with E-state index in [-0.39, 0.29) is 18.2 Å². The summed E-state index contributed by atoms with van der Waals surface area (Å²) in [5.74, 6) is 0.527. The van der Waals surface area contributed by atoms with E-state index in [1.165, 1.54) is 24.9 Å². The SMILES string of the molecule is CC1CCN(c2ccc(NC(=O)CC(=O)N3CCCCC3)cc2)CC1. The third-order valence-electron chi connectivity index (χ3n) is 5.32. The van der Waals surface area contributed by atoms with E-state index in [0.717, 1.165) is 50.6 Å². The Morgan fingerprint density at radius 1 is 1.00 bits per heavy atom. The maximum absolute atomic E-state index is 12.1. The van der Waals surface area contributed by atoms with Gasteiger partial charge in [-0.1, -0.05) is 6.92 Å². The molecular formula is C20H29N3O2. The van der Waals surface area contributed by atoms with Gasteiger partial charge in [0.05, 0.1) is 0 Å². The van der Waals surface area contributed by atoms with Gasteiger partial charge in [0, 0.05) is 37.6 Å². The Hall–Kier alpha value is -2.04. The predicted molar refractivity (Wildman–Crippen MR) is 101 cm³/mol. The molecule has 0 radical (unpaired) electrons. The van der Waals surface area contributed by atoms with Crippen molar-refractivity contribution in [2.24, 2.45) is 5.92 Å². The van der Waals surface area contributed by atoms with Crippen LogP contribution in [0.3, 0.4) is 0 Å². The molecule has 5 heteroatoms. The van der Waals surface area contributed by atoms with Crippen LogP contribution in [0.2, 0.25) is 0 Å². The number of benzene rings is 1. The van der Waals surface area contributed by atoms with Crippen molar-refractivity contribution < 1.29 is 9.59 Å². The second-order valence-electron chi connectivity index (χ2n) is 7.38. The van der Waals surface area contributed by atoms with Crippen LogP contribution in [0.4, 0.5) is 11.4 Å². The summed E-state index contributed by atoms with van der Waals surface area (Å²) in [6, 6.07) is 7.96. The molecule has 5 nitrogen and oxygen atoms in total. The molecule has 3 rings (SSSR count). The molecule has 0 saturated carbocycles. The third-order valence-corrected chi connectivity index (χ3v) is 5.32. The van der Waals surface area contributed by atoms with Crippen LogP contribution >= 0.6 is 0 Å². The lowest BCUT2D eigenvalue weighted by atomic mass is 9.99. The molecule has 0 bridgehead atoms. The van der Waals surface area contributed by atoms with E-state index in [0.29, 0.717) is 0 Å². The van der Waals surface area contributed by atoms with Gasteiger partial charge in [-0.15, -0.1) is 0 Å². The molecule has 1 N–H and O–H groups in total. The third kappa shape index (κ3) is 4.97.